The molecule has 0 aliphatic heterocycles. The lowest BCUT2D eigenvalue weighted by Gasteiger charge is -1.98. The number of H-pyrrole nitrogens is 1. The average Bonchev–Trinajstić information content (AvgIpc) is 2.90. The molecule has 0 saturated carbocycles. The van der Waals surface area contributed by atoms with Crippen LogP contribution in [0.25, 0.3) is 0 Å². The second kappa shape index (κ2) is 5.52. The highest BCUT2D eigenvalue weighted by molar-refractivity contribution is 5.39. The predicted molar refractivity (Wildman–Crippen MR) is 77.1 cm³/mol. The van der Waals surface area contributed by atoms with Gasteiger partial charge in [-0.05, 0) is 29.3 Å². The molecule has 2 heterocycles. The van der Waals surface area contributed by atoms with E-state index in [-0.39, 0.29) is 0 Å². The molecule has 3 rings (SSSR count). The molecule has 0 aliphatic carbocycles. The molecule has 0 radical (unpaired) electrons. The third-order valence-corrected chi connectivity index (χ3v) is 3.01. The monoisotopic (exact) mass is 265 g/mol. The Morgan fingerprint density at radius 3 is 2.60 bits per heavy atom. The first-order chi connectivity index (χ1) is 9.79. The summed E-state index contributed by atoms with van der Waals surface area (Å²) in [6.45, 7) is 0. The zero-order valence-electron chi connectivity index (χ0n) is 11.0. The standard InChI is InChI=1S/C15H15N5/c16-13-5-3-11(4-6-13)8-14-18-15(20-19-14)9-12-2-1-7-17-10-12/h1-7,10H,8-9,16H2,(H,18,19,20). The van der Waals surface area contributed by atoms with Gasteiger partial charge in [-0.1, -0.05) is 18.2 Å². The first-order valence-corrected chi connectivity index (χ1v) is 6.43. The van der Waals surface area contributed by atoms with Gasteiger partial charge in [-0.3, -0.25) is 10.1 Å². The molecule has 3 aromatic rings. The largest absolute Gasteiger partial charge is 0.399 e. The highest BCUT2D eigenvalue weighted by Gasteiger charge is 2.05. The maximum Gasteiger partial charge on any atom is 0.155 e. The first-order valence-electron chi connectivity index (χ1n) is 6.43. The summed E-state index contributed by atoms with van der Waals surface area (Å²) in [4.78, 5) is 8.59. The summed E-state index contributed by atoms with van der Waals surface area (Å²) in [5.74, 6) is 1.64. The molecule has 0 unspecified atom stereocenters. The minimum Gasteiger partial charge on any atom is -0.399 e. The minimum absolute atomic E-state index is 0.698. The average molecular weight is 265 g/mol. The van der Waals surface area contributed by atoms with Gasteiger partial charge in [-0.25, -0.2) is 4.98 Å². The van der Waals surface area contributed by atoms with Crippen LogP contribution in [-0.2, 0) is 12.8 Å². The van der Waals surface area contributed by atoms with Crippen molar-refractivity contribution in [3.63, 3.8) is 0 Å². The summed E-state index contributed by atoms with van der Waals surface area (Å²) in [5.41, 5.74) is 8.69. The molecule has 0 fully saturated rings. The Morgan fingerprint density at radius 1 is 1.00 bits per heavy atom. The van der Waals surface area contributed by atoms with Crippen LogP contribution in [0.3, 0.4) is 0 Å². The van der Waals surface area contributed by atoms with Gasteiger partial charge in [0.25, 0.3) is 0 Å². The molecule has 0 saturated heterocycles. The van der Waals surface area contributed by atoms with Crippen LogP contribution in [0, 0.1) is 0 Å². The third kappa shape index (κ3) is 3.00. The Balaban J connectivity index is 1.69. The van der Waals surface area contributed by atoms with Crippen LogP contribution >= 0.6 is 0 Å². The van der Waals surface area contributed by atoms with E-state index in [1.807, 2.05) is 42.6 Å². The van der Waals surface area contributed by atoms with Gasteiger partial charge in [0.05, 0.1) is 0 Å². The van der Waals surface area contributed by atoms with E-state index < -0.39 is 0 Å². The van der Waals surface area contributed by atoms with Gasteiger partial charge in [0, 0.05) is 30.9 Å². The van der Waals surface area contributed by atoms with E-state index in [1.54, 1.807) is 6.20 Å². The minimum atomic E-state index is 0.698. The lowest BCUT2D eigenvalue weighted by molar-refractivity contribution is 0.955. The van der Waals surface area contributed by atoms with Gasteiger partial charge in [-0.15, -0.1) is 0 Å². The van der Waals surface area contributed by atoms with Crippen LogP contribution < -0.4 is 5.73 Å². The van der Waals surface area contributed by atoms with Crippen LogP contribution in [0.2, 0.25) is 0 Å². The molecular weight excluding hydrogens is 250 g/mol. The van der Waals surface area contributed by atoms with Crippen molar-refractivity contribution in [3.8, 4) is 0 Å². The van der Waals surface area contributed by atoms with Crippen molar-refractivity contribution in [2.24, 2.45) is 0 Å². The zero-order valence-corrected chi connectivity index (χ0v) is 11.0. The summed E-state index contributed by atoms with van der Waals surface area (Å²) < 4.78 is 0. The van der Waals surface area contributed by atoms with Crippen LogP contribution in [-0.4, -0.2) is 20.2 Å². The number of nitrogens with zero attached hydrogens (tertiary/aromatic N) is 3. The van der Waals surface area contributed by atoms with Crippen molar-refractivity contribution in [3.05, 3.63) is 71.6 Å². The zero-order chi connectivity index (χ0) is 13.8. The number of aromatic amines is 1. The molecule has 5 nitrogen and oxygen atoms in total. The van der Waals surface area contributed by atoms with E-state index in [0.29, 0.717) is 12.8 Å². The topological polar surface area (TPSA) is 80.5 Å². The molecule has 5 heteroatoms. The second-order valence-electron chi connectivity index (χ2n) is 4.65. The fraction of sp³-hybridized carbons (Fsp3) is 0.133. The number of nitrogens with two attached hydrogens (primary N) is 1. The molecule has 0 amide bonds. The molecule has 20 heavy (non-hydrogen) atoms. The first kappa shape index (κ1) is 12.3. The van der Waals surface area contributed by atoms with Crippen molar-refractivity contribution >= 4 is 5.69 Å². The van der Waals surface area contributed by atoms with E-state index in [9.17, 15) is 0 Å². The summed E-state index contributed by atoms with van der Waals surface area (Å²) in [7, 11) is 0. The fourth-order valence-corrected chi connectivity index (χ4v) is 2.01. The Bertz CT molecular complexity index is 673. The Morgan fingerprint density at radius 2 is 1.85 bits per heavy atom. The van der Waals surface area contributed by atoms with Crippen LogP contribution in [0.1, 0.15) is 22.8 Å². The van der Waals surface area contributed by atoms with Crippen LogP contribution in [0.4, 0.5) is 5.69 Å². The lowest BCUT2D eigenvalue weighted by Crippen LogP contribution is -1.93. The maximum atomic E-state index is 5.67. The molecule has 1 aromatic carbocycles. The number of benzene rings is 1. The summed E-state index contributed by atoms with van der Waals surface area (Å²) in [6.07, 6.45) is 5.00. The van der Waals surface area contributed by atoms with E-state index in [1.165, 1.54) is 0 Å². The third-order valence-electron chi connectivity index (χ3n) is 3.01. The summed E-state index contributed by atoms with van der Waals surface area (Å²) in [5, 5.41) is 7.21. The van der Waals surface area contributed by atoms with Gasteiger partial charge in [0.1, 0.15) is 5.82 Å². The van der Waals surface area contributed by atoms with Crippen molar-refractivity contribution < 1.29 is 0 Å². The van der Waals surface area contributed by atoms with E-state index in [0.717, 1.165) is 28.5 Å². The Hall–Kier alpha value is -2.69. The number of hydrogen-bond donors (Lipinski definition) is 2. The fourth-order valence-electron chi connectivity index (χ4n) is 2.01. The summed E-state index contributed by atoms with van der Waals surface area (Å²) >= 11 is 0. The van der Waals surface area contributed by atoms with Gasteiger partial charge in [0.15, 0.2) is 5.82 Å². The van der Waals surface area contributed by atoms with E-state index in [4.69, 9.17) is 5.73 Å². The highest BCUT2D eigenvalue weighted by Crippen LogP contribution is 2.10. The quantitative estimate of drug-likeness (QED) is 0.707. The number of pyridine rings is 1. The molecule has 100 valence electrons. The van der Waals surface area contributed by atoms with Crippen molar-refractivity contribution in [2.75, 3.05) is 5.73 Å². The van der Waals surface area contributed by atoms with Crippen LogP contribution in [0.15, 0.2) is 48.8 Å². The predicted octanol–water partition coefficient (Wildman–Crippen LogP) is 1.96. The number of rotatable bonds is 4. The smallest absolute Gasteiger partial charge is 0.155 e. The van der Waals surface area contributed by atoms with Crippen molar-refractivity contribution in [2.45, 2.75) is 12.8 Å². The molecule has 0 atom stereocenters. The van der Waals surface area contributed by atoms with Gasteiger partial charge in [-0.2, -0.15) is 5.10 Å². The molecule has 0 bridgehead atoms. The number of anilines is 1. The van der Waals surface area contributed by atoms with Gasteiger partial charge < -0.3 is 5.73 Å². The Labute approximate surface area is 116 Å². The maximum absolute atomic E-state index is 5.67. The second-order valence-corrected chi connectivity index (χ2v) is 4.65. The van der Waals surface area contributed by atoms with Gasteiger partial charge >= 0.3 is 0 Å². The SMILES string of the molecule is Nc1ccc(Cc2n[nH]c(Cc3cccnc3)n2)cc1. The molecule has 0 spiro atoms. The number of hydrogen-bond acceptors (Lipinski definition) is 4. The number of nitrogen functional groups attached to an aromatic ring is 1. The van der Waals surface area contributed by atoms with E-state index >= 15 is 0 Å². The normalized spacial score (nSPS) is 10.6. The van der Waals surface area contributed by atoms with Crippen LogP contribution in [0.5, 0.6) is 0 Å². The van der Waals surface area contributed by atoms with Gasteiger partial charge in [0.2, 0.25) is 0 Å². The summed E-state index contributed by atoms with van der Waals surface area (Å²) in [6, 6.07) is 11.7. The highest BCUT2D eigenvalue weighted by atomic mass is 15.2. The number of nitrogens with one attached hydrogen (secondary N) is 1. The molecule has 3 N–H and O–H groups in total. The van der Waals surface area contributed by atoms with Crippen molar-refractivity contribution in [1.29, 1.82) is 0 Å². The van der Waals surface area contributed by atoms with E-state index in [2.05, 4.69) is 20.2 Å². The number of aromatic nitrogens is 4. The van der Waals surface area contributed by atoms with Crippen molar-refractivity contribution in [1.82, 2.24) is 20.2 Å². The molecule has 2 aromatic heterocycles. The lowest BCUT2D eigenvalue weighted by atomic mass is 10.1. The Kier molecular flexibility index (Phi) is 3.41. The molecular formula is C15H15N5. The molecule has 0 aliphatic rings.